The van der Waals surface area contributed by atoms with Crippen LogP contribution in [0, 0.1) is 0 Å². The SMILES string of the molecule is O=C[C@@H](O)[C@@H](CO[C@@H](C=O)CO)OCc1ccccc1. The van der Waals surface area contributed by atoms with Crippen LogP contribution in [-0.4, -0.2) is 54.3 Å². The average molecular weight is 282 g/mol. The van der Waals surface area contributed by atoms with Crippen LogP contribution in [0.2, 0.25) is 0 Å². The third-order valence-corrected chi connectivity index (χ3v) is 2.63. The minimum absolute atomic E-state index is 0.170. The summed E-state index contributed by atoms with van der Waals surface area (Å²) < 4.78 is 10.5. The van der Waals surface area contributed by atoms with E-state index in [1.807, 2.05) is 30.3 Å². The van der Waals surface area contributed by atoms with Gasteiger partial charge in [0, 0.05) is 0 Å². The molecule has 0 saturated heterocycles. The summed E-state index contributed by atoms with van der Waals surface area (Å²) in [7, 11) is 0. The average Bonchev–Trinajstić information content (AvgIpc) is 2.51. The maximum absolute atomic E-state index is 10.6. The van der Waals surface area contributed by atoms with Crippen LogP contribution in [0.3, 0.4) is 0 Å². The van der Waals surface area contributed by atoms with Crippen LogP contribution >= 0.6 is 0 Å². The maximum atomic E-state index is 10.6. The zero-order chi connectivity index (χ0) is 14.8. The summed E-state index contributed by atoms with van der Waals surface area (Å²) in [4.78, 5) is 21.1. The third-order valence-electron chi connectivity index (χ3n) is 2.63. The lowest BCUT2D eigenvalue weighted by molar-refractivity contribution is -0.138. The Balaban J connectivity index is 2.51. The number of aldehydes is 2. The first-order valence-corrected chi connectivity index (χ1v) is 6.18. The van der Waals surface area contributed by atoms with Gasteiger partial charge in [-0.15, -0.1) is 0 Å². The number of benzene rings is 1. The van der Waals surface area contributed by atoms with E-state index in [2.05, 4.69) is 0 Å². The van der Waals surface area contributed by atoms with Gasteiger partial charge in [-0.3, -0.25) is 0 Å². The topological polar surface area (TPSA) is 93.1 Å². The molecule has 0 unspecified atom stereocenters. The van der Waals surface area contributed by atoms with E-state index in [0.29, 0.717) is 12.6 Å². The summed E-state index contributed by atoms with van der Waals surface area (Å²) in [6.45, 7) is -0.437. The number of hydrogen-bond acceptors (Lipinski definition) is 6. The standard InChI is InChI=1S/C14H18O6/c15-6-12(7-16)19-10-14(13(18)8-17)20-9-11-4-2-1-3-5-11/h1-6,8,12-14,16,18H,7,9-10H2/t12-,13+,14+/m0/s1. The summed E-state index contributed by atoms with van der Waals surface area (Å²) in [6.07, 6.45) is -2.46. The molecule has 2 N–H and O–H groups in total. The second kappa shape index (κ2) is 9.33. The van der Waals surface area contributed by atoms with Crippen molar-refractivity contribution in [1.82, 2.24) is 0 Å². The molecule has 0 heterocycles. The molecule has 0 spiro atoms. The van der Waals surface area contributed by atoms with Crippen molar-refractivity contribution in [3.63, 3.8) is 0 Å². The molecule has 20 heavy (non-hydrogen) atoms. The van der Waals surface area contributed by atoms with Crippen molar-refractivity contribution >= 4 is 12.6 Å². The first-order chi connectivity index (χ1) is 9.71. The lowest BCUT2D eigenvalue weighted by Gasteiger charge is -2.21. The van der Waals surface area contributed by atoms with E-state index in [0.717, 1.165) is 5.56 Å². The van der Waals surface area contributed by atoms with E-state index in [1.165, 1.54) is 0 Å². The van der Waals surface area contributed by atoms with E-state index in [4.69, 9.17) is 14.6 Å². The van der Waals surface area contributed by atoms with Crippen LogP contribution in [0.1, 0.15) is 5.56 Å². The van der Waals surface area contributed by atoms with Crippen LogP contribution in [0.5, 0.6) is 0 Å². The molecule has 1 aromatic rings. The number of rotatable bonds is 10. The van der Waals surface area contributed by atoms with E-state index >= 15 is 0 Å². The Morgan fingerprint density at radius 3 is 2.35 bits per heavy atom. The number of aliphatic hydroxyl groups excluding tert-OH is 2. The summed E-state index contributed by atoms with van der Waals surface area (Å²) in [5.41, 5.74) is 0.879. The Kier molecular flexibility index (Phi) is 7.67. The molecule has 6 nitrogen and oxygen atoms in total. The van der Waals surface area contributed by atoms with Crippen molar-refractivity contribution in [2.24, 2.45) is 0 Å². The third kappa shape index (κ3) is 5.58. The second-order valence-corrected chi connectivity index (χ2v) is 4.15. The second-order valence-electron chi connectivity index (χ2n) is 4.15. The normalized spacial score (nSPS) is 15.3. The smallest absolute Gasteiger partial charge is 0.151 e. The zero-order valence-electron chi connectivity index (χ0n) is 10.9. The van der Waals surface area contributed by atoms with Crippen molar-refractivity contribution in [2.45, 2.75) is 24.9 Å². The predicted octanol–water partition coefficient (Wildman–Crippen LogP) is -0.292. The highest BCUT2D eigenvalue weighted by atomic mass is 16.5. The Morgan fingerprint density at radius 1 is 1.10 bits per heavy atom. The first-order valence-electron chi connectivity index (χ1n) is 6.18. The zero-order valence-corrected chi connectivity index (χ0v) is 10.9. The fraction of sp³-hybridized carbons (Fsp3) is 0.429. The van der Waals surface area contributed by atoms with Gasteiger partial charge in [-0.05, 0) is 5.56 Å². The van der Waals surface area contributed by atoms with Crippen LogP contribution in [-0.2, 0) is 25.7 Å². The predicted molar refractivity (Wildman–Crippen MR) is 70.0 cm³/mol. The Bertz CT molecular complexity index is 394. The van der Waals surface area contributed by atoms with Crippen molar-refractivity contribution in [1.29, 1.82) is 0 Å². The lowest BCUT2D eigenvalue weighted by atomic mass is 10.2. The molecule has 0 aliphatic rings. The molecule has 1 rings (SSSR count). The molecule has 0 aromatic heterocycles. The van der Waals surface area contributed by atoms with Gasteiger partial charge in [0.1, 0.15) is 18.3 Å². The number of carbonyl (C=O) groups excluding carboxylic acids is 2. The molecule has 0 radical (unpaired) electrons. The van der Waals surface area contributed by atoms with E-state index in [1.54, 1.807) is 0 Å². The van der Waals surface area contributed by atoms with E-state index < -0.39 is 24.9 Å². The van der Waals surface area contributed by atoms with Crippen LogP contribution in [0.4, 0.5) is 0 Å². The summed E-state index contributed by atoms with van der Waals surface area (Å²) in [5.74, 6) is 0. The highest BCUT2D eigenvalue weighted by Gasteiger charge is 2.21. The van der Waals surface area contributed by atoms with Gasteiger partial charge in [-0.2, -0.15) is 0 Å². The molecule has 0 fully saturated rings. The summed E-state index contributed by atoms with van der Waals surface area (Å²) in [5, 5.41) is 18.3. The molecule has 0 saturated carbocycles. The minimum atomic E-state index is -1.36. The molecule has 6 heteroatoms. The molecular weight excluding hydrogens is 264 g/mol. The lowest BCUT2D eigenvalue weighted by Crippen LogP contribution is -2.36. The van der Waals surface area contributed by atoms with Gasteiger partial charge in [-0.1, -0.05) is 30.3 Å². The van der Waals surface area contributed by atoms with Crippen molar-refractivity contribution in [2.75, 3.05) is 13.2 Å². The highest BCUT2D eigenvalue weighted by Crippen LogP contribution is 2.07. The molecule has 0 amide bonds. The van der Waals surface area contributed by atoms with Crippen LogP contribution in [0.15, 0.2) is 30.3 Å². The van der Waals surface area contributed by atoms with Gasteiger partial charge >= 0.3 is 0 Å². The Hall–Kier alpha value is -1.60. The monoisotopic (exact) mass is 282 g/mol. The van der Waals surface area contributed by atoms with Gasteiger partial charge in [0.25, 0.3) is 0 Å². The molecule has 0 aliphatic heterocycles. The van der Waals surface area contributed by atoms with E-state index in [9.17, 15) is 14.7 Å². The molecular formula is C14H18O6. The van der Waals surface area contributed by atoms with Crippen LogP contribution in [0.25, 0.3) is 0 Å². The largest absolute Gasteiger partial charge is 0.393 e. The maximum Gasteiger partial charge on any atom is 0.151 e. The summed E-state index contributed by atoms with van der Waals surface area (Å²) in [6, 6.07) is 9.23. The number of aliphatic hydroxyl groups is 2. The van der Waals surface area contributed by atoms with Gasteiger partial charge in [-0.25, -0.2) is 0 Å². The first kappa shape index (κ1) is 16.5. The molecule has 3 atom stereocenters. The van der Waals surface area contributed by atoms with Crippen molar-refractivity contribution < 1.29 is 29.3 Å². The van der Waals surface area contributed by atoms with Gasteiger partial charge in [0.05, 0.1) is 19.8 Å². The van der Waals surface area contributed by atoms with Crippen LogP contribution < -0.4 is 0 Å². The fourth-order valence-corrected chi connectivity index (χ4v) is 1.46. The number of ether oxygens (including phenoxy) is 2. The van der Waals surface area contributed by atoms with Gasteiger partial charge < -0.3 is 29.3 Å². The van der Waals surface area contributed by atoms with E-state index in [-0.39, 0.29) is 13.2 Å². The molecule has 110 valence electrons. The Morgan fingerprint density at radius 2 is 1.80 bits per heavy atom. The number of carbonyl (C=O) groups is 2. The fourth-order valence-electron chi connectivity index (χ4n) is 1.46. The highest BCUT2D eigenvalue weighted by molar-refractivity contribution is 5.57. The molecule has 0 bridgehead atoms. The molecule has 1 aromatic carbocycles. The summed E-state index contributed by atoms with van der Waals surface area (Å²) >= 11 is 0. The quantitative estimate of drug-likeness (QED) is 0.573. The minimum Gasteiger partial charge on any atom is -0.393 e. The number of hydrogen-bond donors (Lipinski definition) is 2. The Labute approximate surface area is 116 Å². The van der Waals surface area contributed by atoms with Crippen molar-refractivity contribution in [3.05, 3.63) is 35.9 Å². The van der Waals surface area contributed by atoms with Gasteiger partial charge in [0.2, 0.25) is 0 Å². The van der Waals surface area contributed by atoms with Gasteiger partial charge in [0.15, 0.2) is 12.6 Å². The molecule has 0 aliphatic carbocycles. The van der Waals surface area contributed by atoms with Crippen molar-refractivity contribution in [3.8, 4) is 0 Å².